The molecule has 0 aliphatic heterocycles. The molecule has 0 aliphatic carbocycles. The minimum atomic E-state index is -3.43. The molecule has 0 aliphatic rings. The van der Waals surface area contributed by atoms with Gasteiger partial charge >= 0.3 is 0 Å². The normalized spacial score (nSPS) is 15.1. The van der Waals surface area contributed by atoms with Crippen LogP contribution in [0.1, 0.15) is 52.6 Å². The van der Waals surface area contributed by atoms with Crippen molar-refractivity contribution in [1.82, 2.24) is 10.0 Å². The van der Waals surface area contributed by atoms with E-state index in [0.29, 0.717) is 10.8 Å². The van der Waals surface area contributed by atoms with Gasteiger partial charge < -0.3 is 5.32 Å². The fourth-order valence-electron chi connectivity index (χ4n) is 2.45. The van der Waals surface area contributed by atoms with Gasteiger partial charge in [-0.25, -0.2) is 13.1 Å². The second-order valence-corrected chi connectivity index (χ2v) is 7.71. The van der Waals surface area contributed by atoms with Gasteiger partial charge in [-0.05, 0) is 50.4 Å². The number of benzene rings is 1. The van der Waals surface area contributed by atoms with Crippen molar-refractivity contribution in [3.05, 3.63) is 29.8 Å². The second-order valence-electron chi connectivity index (χ2n) is 6.00. The maximum absolute atomic E-state index is 12.3. The summed E-state index contributed by atoms with van der Waals surface area (Å²) in [7, 11) is -3.43. The number of nitrogens with one attached hydrogen (secondary N) is 2. The van der Waals surface area contributed by atoms with Crippen molar-refractivity contribution >= 4 is 10.0 Å². The van der Waals surface area contributed by atoms with Crippen molar-refractivity contribution in [2.24, 2.45) is 5.92 Å². The minimum Gasteiger partial charge on any atom is -0.310 e. The van der Waals surface area contributed by atoms with Gasteiger partial charge in [0.2, 0.25) is 10.0 Å². The van der Waals surface area contributed by atoms with E-state index in [-0.39, 0.29) is 12.1 Å². The summed E-state index contributed by atoms with van der Waals surface area (Å²) in [4.78, 5) is 0.325. The van der Waals surface area contributed by atoms with Gasteiger partial charge in [-0.2, -0.15) is 0 Å². The molecule has 1 aromatic rings. The molecule has 120 valence electrons. The molecule has 0 bridgehead atoms. The highest BCUT2D eigenvalue weighted by atomic mass is 32.2. The second kappa shape index (κ2) is 7.92. The van der Waals surface area contributed by atoms with E-state index in [1.54, 1.807) is 12.1 Å². The van der Waals surface area contributed by atoms with Gasteiger partial charge in [0.1, 0.15) is 0 Å². The Morgan fingerprint density at radius 3 is 2.10 bits per heavy atom. The molecule has 2 N–H and O–H groups in total. The van der Waals surface area contributed by atoms with E-state index in [1.165, 1.54) is 0 Å². The van der Waals surface area contributed by atoms with Gasteiger partial charge in [0.25, 0.3) is 0 Å². The van der Waals surface area contributed by atoms with E-state index in [0.717, 1.165) is 18.5 Å². The van der Waals surface area contributed by atoms with Crippen LogP contribution in [0.3, 0.4) is 0 Å². The van der Waals surface area contributed by atoms with Crippen LogP contribution >= 0.6 is 0 Å². The maximum Gasteiger partial charge on any atom is 0.240 e. The lowest BCUT2D eigenvalue weighted by Gasteiger charge is -2.17. The summed E-state index contributed by atoms with van der Waals surface area (Å²) in [5.41, 5.74) is 1.09. The summed E-state index contributed by atoms with van der Waals surface area (Å²) >= 11 is 0. The summed E-state index contributed by atoms with van der Waals surface area (Å²) < 4.78 is 27.3. The zero-order chi connectivity index (χ0) is 16.0. The average Bonchev–Trinajstić information content (AvgIpc) is 2.37. The van der Waals surface area contributed by atoms with Crippen molar-refractivity contribution in [3.63, 3.8) is 0 Å². The lowest BCUT2D eigenvalue weighted by atomic mass is 10.1. The SMILES string of the molecule is CCNC(C)c1ccc(S(=O)(=O)NC(C)CC(C)C)cc1. The lowest BCUT2D eigenvalue weighted by molar-refractivity contribution is 0.482. The van der Waals surface area contributed by atoms with Crippen LogP contribution in [0.4, 0.5) is 0 Å². The molecule has 0 radical (unpaired) electrons. The lowest BCUT2D eigenvalue weighted by Crippen LogP contribution is -2.33. The van der Waals surface area contributed by atoms with Crippen molar-refractivity contribution in [3.8, 4) is 0 Å². The number of hydrogen-bond donors (Lipinski definition) is 2. The van der Waals surface area contributed by atoms with Gasteiger partial charge in [-0.15, -0.1) is 0 Å². The molecule has 0 amide bonds. The number of sulfonamides is 1. The van der Waals surface area contributed by atoms with E-state index < -0.39 is 10.0 Å². The van der Waals surface area contributed by atoms with Crippen LogP contribution in [-0.2, 0) is 10.0 Å². The van der Waals surface area contributed by atoms with Crippen LogP contribution in [0, 0.1) is 5.92 Å². The average molecular weight is 312 g/mol. The van der Waals surface area contributed by atoms with Crippen LogP contribution in [0.2, 0.25) is 0 Å². The number of hydrogen-bond acceptors (Lipinski definition) is 3. The smallest absolute Gasteiger partial charge is 0.240 e. The van der Waals surface area contributed by atoms with E-state index >= 15 is 0 Å². The van der Waals surface area contributed by atoms with E-state index in [2.05, 4.69) is 37.7 Å². The van der Waals surface area contributed by atoms with E-state index in [9.17, 15) is 8.42 Å². The molecular formula is C16H28N2O2S. The zero-order valence-electron chi connectivity index (χ0n) is 13.7. The standard InChI is InChI=1S/C16H28N2O2S/c1-6-17-14(5)15-7-9-16(10-8-15)21(19,20)18-13(4)11-12(2)3/h7-10,12-14,17-18H,6,11H2,1-5H3. The molecule has 0 fully saturated rings. The third-order valence-corrected chi connectivity index (χ3v) is 4.99. The topological polar surface area (TPSA) is 58.2 Å². The van der Waals surface area contributed by atoms with Crippen LogP contribution in [0.15, 0.2) is 29.2 Å². The molecule has 4 nitrogen and oxygen atoms in total. The predicted molar refractivity (Wildman–Crippen MR) is 87.8 cm³/mol. The molecule has 21 heavy (non-hydrogen) atoms. The molecule has 0 saturated carbocycles. The van der Waals surface area contributed by atoms with Gasteiger partial charge in [0.05, 0.1) is 4.90 Å². The summed E-state index contributed by atoms with van der Waals surface area (Å²) in [5, 5.41) is 3.31. The first-order valence-corrected chi connectivity index (χ1v) is 9.10. The van der Waals surface area contributed by atoms with E-state index in [1.807, 2.05) is 19.1 Å². The van der Waals surface area contributed by atoms with Gasteiger partial charge in [-0.1, -0.05) is 32.9 Å². The third kappa shape index (κ3) is 5.77. The molecule has 0 heterocycles. The molecular weight excluding hydrogens is 284 g/mol. The fraction of sp³-hybridized carbons (Fsp3) is 0.625. The van der Waals surface area contributed by atoms with Gasteiger partial charge in [-0.3, -0.25) is 0 Å². The van der Waals surface area contributed by atoms with Crippen molar-refractivity contribution in [2.75, 3.05) is 6.54 Å². The predicted octanol–water partition coefficient (Wildman–Crippen LogP) is 3.07. The highest BCUT2D eigenvalue weighted by molar-refractivity contribution is 7.89. The monoisotopic (exact) mass is 312 g/mol. The molecule has 2 atom stereocenters. The molecule has 0 saturated heterocycles. The summed E-state index contributed by atoms with van der Waals surface area (Å²) in [5.74, 6) is 0.464. The number of rotatable bonds is 8. The van der Waals surface area contributed by atoms with Crippen LogP contribution in [0.5, 0.6) is 0 Å². The molecule has 0 spiro atoms. The largest absolute Gasteiger partial charge is 0.310 e. The Balaban J connectivity index is 2.80. The Morgan fingerprint density at radius 1 is 1.05 bits per heavy atom. The van der Waals surface area contributed by atoms with Crippen LogP contribution in [0.25, 0.3) is 0 Å². The van der Waals surface area contributed by atoms with Gasteiger partial charge in [0.15, 0.2) is 0 Å². The Morgan fingerprint density at radius 2 is 1.62 bits per heavy atom. The Kier molecular flexibility index (Phi) is 6.84. The highest BCUT2D eigenvalue weighted by Crippen LogP contribution is 2.17. The van der Waals surface area contributed by atoms with Crippen LogP contribution < -0.4 is 10.0 Å². The summed E-state index contributed by atoms with van der Waals surface area (Å²) in [6, 6.07) is 7.25. The third-order valence-electron chi connectivity index (χ3n) is 3.38. The zero-order valence-corrected chi connectivity index (χ0v) is 14.5. The molecule has 1 rings (SSSR count). The van der Waals surface area contributed by atoms with E-state index in [4.69, 9.17) is 0 Å². The molecule has 1 aromatic carbocycles. The maximum atomic E-state index is 12.3. The Hall–Kier alpha value is -0.910. The highest BCUT2D eigenvalue weighted by Gasteiger charge is 2.18. The first kappa shape index (κ1) is 18.1. The first-order valence-electron chi connectivity index (χ1n) is 7.62. The molecule has 0 aromatic heterocycles. The Labute approximate surface area is 129 Å². The van der Waals surface area contributed by atoms with Crippen molar-refractivity contribution in [1.29, 1.82) is 0 Å². The van der Waals surface area contributed by atoms with Gasteiger partial charge in [0, 0.05) is 12.1 Å². The molecule has 5 heteroatoms. The minimum absolute atomic E-state index is 0.0599. The molecule has 2 unspecified atom stereocenters. The van der Waals surface area contributed by atoms with Crippen molar-refractivity contribution < 1.29 is 8.42 Å². The first-order chi connectivity index (χ1) is 9.76. The Bertz CT molecular complexity index is 524. The fourth-order valence-corrected chi connectivity index (χ4v) is 3.70. The van der Waals surface area contributed by atoms with Crippen LogP contribution in [-0.4, -0.2) is 21.0 Å². The quantitative estimate of drug-likeness (QED) is 0.775. The summed E-state index contributed by atoms with van der Waals surface area (Å²) in [6.45, 7) is 11.1. The summed E-state index contributed by atoms with van der Waals surface area (Å²) in [6.07, 6.45) is 0.828. The van der Waals surface area contributed by atoms with Crippen molar-refractivity contribution in [2.45, 2.75) is 58.0 Å².